The molecule has 6 fully saturated rings. The molecule has 4 heteroatoms. The Balaban J connectivity index is 1.54. The molecule has 0 radical (unpaired) electrons. The quantitative estimate of drug-likeness (QED) is 0.475. The molecule has 0 saturated heterocycles. The summed E-state index contributed by atoms with van der Waals surface area (Å²) in [7, 11) is 1.47. The number of carbonyl (C=O) groups excluding carboxylic acids is 2. The molecule has 0 aromatic rings. The molecule has 0 N–H and O–H groups in total. The first-order valence-corrected chi connectivity index (χ1v) is 5.47. The first-order chi connectivity index (χ1) is 7.27. The first kappa shape index (κ1) is 7.25. The van der Waals surface area contributed by atoms with E-state index in [0.717, 1.165) is 0 Å². The molecule has 6 rings (SSSR count). The summed E-state index contributed by atoms with van der Waals surface area (Å²) >= 11 is 0. The standard InChI is InChI=1S/C11H10O4/c1-14-9(13)10-3-6-4(10)8-5(10)7(3)11(6,8)15-2-12/h2-8H,1H3. The van der Waals surface area contributed by atoms with Gasteiger partial charge in [-0.15, -0.1) is 0 Å². The van der Waals surface area contributed by atoms with Gasteiger partial charge in [0.1, 0.15) is 5.60 Å². The van der Waals surface area contributed by atoms with Gasteiger partial charge >= 0.3 is 5.97 Å². The van der Waals surface area contributed by atoms with Gasteiger partial charge in [0.25, 0.3) is 6.47 Å². The van der Waals surface area contributed by atoms with E-state index in [1.54, 1.807) is 0 Å². The van der Waals surface area contributed by atoms with Gasteiger partial charge in [0.2, 0.25) is 0 Å². The Bertz CT molecular complexity index is 386. The molecule has 0 unspecified atom stereocenters. The molecule has 6 saturated carbocycles. The molecule has 0 aromatic carbocycles. The van der Waals surface area contributed by atoms with Crippen molar-refractivity contribution in [3.63, 3.8) is 0 Å². The van der Waals surface area contributed by atoms with Crippen LogP contribution in [0.4, 0.5) is 0 Å². The van der Waals surface area contributed by atoms with Crippen molar-refractivity contribution in [1.82, 2.24) is 0 Å². The van der Waals surface area contributed by atoms with Gasteiger partial charge in [-0.1, -0.05) is 0 Å². The van der Waals surface area contributed by atoms with E-state index in [1.165, 1.54) is 7.11 Å². The third-order valence-corrected chi connectivity index (χ3v) is 6.33. The van der Waals surface area contributed by atoms with Crippen LogP contribution in [-0.2, 0) is 19.1 Å². The van der Waals surface area contributed by atoms with E-state index in [2.05, 4.69) is 0 Å². The van der Waals surface area contributed by atoms with E-state index in [-0.39, 0.29) is 17.0 Å². The van der Waals surface area contributed by atoms with Crippen molar-refractivity contribution in [2.24, 2.45) is 40.9 Å². The van der Waals surface area contributed by atoms with E-state index in [4.69, 9.17) is 9.47 Å². The van der Waals surface area contributed by atoms with Crippen molar-refractivity contribution in [2.75, 3.05) is 7.11 Å². The predicted octanol–water partition coefficient (Wildman–Crippen LogP) is -0.177. The topological polar surface area (TPSA) is 52.6 Å². The molecule has 15 heavy (non-hydrogen) atoms. The van der Waals surface area contributed by atoms with Crippen molar-refractivity contribution in [3.8, 4) is 0 Å². The van der Waals surface area contributed by atoms with Crippen LogP contribution in [0, 0.1) is 40.9 Å². The highest BCUT2D eigenvalue weighted by Gasteiger charge is 3.13. The van der Waals surface area contributed by atoms with Crippen LogP contribution in [0.15, 0.2) is 0 Å². The summed E-state index contributed by atoms with van der Waals surface area (Å²) in [6, 6.07) is 0. The minimum absolute atomic E-state index is 0.00865. The average Bonchev–Trinajstić information content (AvgIpc) is 2.29. The summed E-state index contributed by atoms with van der Waals surface area (Å²) in [6.45, 7) is 0.589. The number of carbonyl (C=O) groups is 2. The molecular formula is C11H10O4. The molecule has 6 aliphatic rings. The molecule has 0 amide bonds. The van der Waals surface area contributed by atoms with Crippen molar-refractivity contribution < 1.29 is 19.1 Å². The molecule has 0 atom stereocenters. The fourth-order valence-corrected chi connectivity index (χ4v) is 6.33. The summed E-state index contributed by atoms with van der Waals surface area (Å²) in [5.41, 5.74) is -0.208. The lowest BCUT2D eigenvalue weighted by Gasteiger charge is -3.08. The number of esters is 1. The second kappa shape index (κ2) is 1.51. The fraction of sp³-hybridized carbons (Fsp3) is 0.818. The summed E-state index contributed by atoms with van der Waals surface area (Å²) in [5, 5.41) is 0. The largest absolute Gasteiger partial charge is 0.469 e. The lowest BCUT2D eigenvalue weighted by molar-refractivity contribution is -0.644. The van der Waals surface area contributed by atoms with Gasteiger partial charge in [-0.2, -0.15) is 0 Å². The summed E-state index contributed by atoms with van der Waals surface area (Å²) in [4.78, 5) is 22.2. The van der Waals surface area contributed by atoms with Crippen LogP contribution in [-0.4, -0.2) is 25.2 Å². The van der Waals surface area contributed by atoms with Crippen LogP contribution in [0.5, 0.6) is 0 Å². The van der Waals surface area contributed by atoms with E-state index in [9.17, 15) is 9.59 Å². The maximum Gasteiger partial charge on any atom is 0.312 e. The monoisotopic (exact) mass is 206 g/mol. The predicted molar refractivity (Wildman–Crippen MR) is 45.3 cm³/mol. The van der Waals surface area contributed by atoms with Crippen LogP contribution in [0.3, 0.4) is 0 Å². The number of methoxy groups -OCH3 is 1. The van der Waals surface area contributed by atoms with Crippen LogP contribution < -0.4 is 0 Å². The van der Waals surface area contributed by atoms with Crippen LogP contribution in [0.1, 0.15) is 0 Å². The van der Waals surface area contributed by atoms with Gasteiger partial charge in [-0.25, -0.2) is 0 Å². The van der Waals surface area contributed by atoms with Gasteiger partial charge in [0, 0.05) is 17.8 Å². The molecule has 0 spiro atoms. The number of hydrogen-bond donors (Lipinski definition) is 0. The second-order valence-corrected chi connectivity index (χ2v) is 5.65. The van der Waals surface area contributed by atoms with Crippen molar-refractivity contribution >= 4 is 12.4 Å². The van der Waals surface area contributed by atoms with Crippen LogP contribution in [0.2, 0.25) is 0 Å². The Morgan fingerprint density at radius 1 is 1.13 bits per heavy atom. The number of hydrogen-bond acceptors (Lipinski definition) is 4. The van der Waals surface area contributed by atoms with Gasteiger partial charge in [-0.3, -0.25) is 9.59 Å². The SMILES string of the molecule is COC(=O)C12C3C4C1C1C2C3C41OC=O. The summed E-state index contributed by atoms with van der Waals surface area (Å²) < 4.78 is 10.2. The first-order valence-electron chi connectivity index (χ1n) is 5.47. The molecule has 6 aliphatic carbocycles. The fourth-order valence-electron chi connectivity index (χ4n) is 6.33. The summed E-state index contributed by atoms with van der Waals surface area (Å²) in [5.74, 6) is 2.97. The van der Waals surface area contributed by atoms with Crippen molar-refractivity contribution in [2.45, 2.75) is 5.60 Å². The number of ether oxygens (including phenoxy) is 2. The van der Waals surface area contributed by atoms with Crippen LogP contribution in [0.25, 0.3) is 0 Å². The zero-order valence-corrected chi connectivity index (χ0v) is 8.17. The smallest absolute Gasteiger partial charge is 0.312 e. The Morgan fingerprint density at radius 2 is 1.67 bits per heavy atom. The highest BCUT2D eigenvalue weighted by Crippen LogP contribution is 3.07. The molecular weight excluding hydrogens is 196 g/mol. The van der Waals surface area contributed by atoms with E-state index in [0.29, 0.717) is 42.0 Å². The zero-order valence-electron chi connectivity index (χ0n) is 8.17. The van der Waals surface area contributed by atoms with Crippen molar-refractivity contribution in [3.05, 3.63) is 0 Å². The van der Waals surface area contributed by atoms with Gasteiger partial charge in [0.05, 0.1) is 12.5 Å². The van der Waals surface area contributed by atoms with E-state index in [1.807, 2.05) is 0 Å². The average molecular weight is 206 g/mol. The maximum atomic E-state index is 11.7. The van der Waals surface area contributed by atoms with Crippen molar-refractivity contribution in [1.29, 1.82) is 0 Å². The van der Waals surface area contributed by atoms with E-state index >= 15 is 0 Å². The lowest BCUT2D eigenvalue weighted by atomic mass is 8.95. The molecule has 4 nitrogen and oxygen atoms in total. The Labute approximate surface area is 85.9 Å². The zero-order chi connectivity index (χ0) is 10.2. The third-order valence-electron chi connectivity index (χ3n) is 6.33. The normalized spacial score (nSPS) is 72.1. The molecule has 0 aromatic heterocycles. The Kier molecular flexibility index (Phi) is 0.731. The van der Waals surface area contributed by atoms with Gasteiger partial charge < -0.3 is 9.47 Å². The lowest BCUT2D eigenvalue weighted by Crippen LogP contribution is -3.14. The highest BCUT2D eigenvalue weighted by molar-refractivity contribution is 5.89. The molecule has 0 aliphatic heterocycles. The van der Waals surface area contributed by atoms with Crippen LogP contribution >= 0.6 is 0 Å². The highest BCUT2D eigenvalue weighted by atomic mass is 16.6. The number of rotatable bonds is 3. The minimum atomic E-state index is -0.108. The summed E-state index contributed by atoms with van der Waals surface area (Å²) in [6.07, 6.45) is 0. The Morgan fingerprint density at radius 3 is 2.07 bits per heavy atom. The molecule has 0 heterocycles. The van der Waals surface area contributed by atoms with Gasteiger partial charge in [-0.05, 0) is 17.8 Å². The van der Waals surface area contributed by atoms with Gasteiger partial charge in [0.15, 0.2) is 0 Å². The Hall–Kier alpha value is -1.06. The molecule has 78 valence electrons. The maximum absolute atomic E-state index is 11.7. The second-order valence-electron chi connectivity index (χ2n) is 5.65. The minimum Gasteiger partial charge on any atom is -0.469 e. The third kappa shape index (κ3) is 0.308. The van der Waals surface area contributed by atoms with E-state index < -0.39 is 0 Å². The molecule has 0 bridgehead atoms.